The lowest BCUT2D eigenvalue weighted by molar-refractivity contribution is -0.140. The summed E-state index contributed by atoms with van der Waals surface area (Å²) in [5, 5.41) is 76.1. The first-order valence-electron chi connectivity index (χ1n) is 42.5. The molecule has 135 heavy (non-hydrogen) atoms. The number of furan rings is 1. The number of rotatable bonds is 23. The highest BCUT2D eigenvalue weighted by Gasteiger charge is 2.26. The van der Waals surface area contributed by atoms with Crippen molar-refractivity contribution in [3.05, 3.63) is 380 Å². The molecule has 5 aromatic heterocycles. The van der Waals surface area contributed by atoms with Gasteiger partial charge in [0.2, 0.25) is 11.8 Å². The van der Waals surface area contributed by atoms with Crippen molar-refractivity contribution in [2.24, 2.45) is 0 Å². The van der Waals surface area contributed by atoms with Crippen molar-refractivity contribution >= 4 is 121 Å². The van der Waals surface area contributed by atoms with E-state index in [1.807, 2.05) is 140 Å². The Balaban J connectivity index is 0.000000142. The van der Waals surface area contributed by atoms with E-state index < -0.39 is 77.5 Å². The number of aryl methyl sites for hydroxylation is 1. The van der Waals surface area contributed by atoms with Gasteiger partial charge in [0, 0.05) is 103 Å². The van der Waals surface area contributed by atoms with E-state index in [4.69, 9.17) is 88.5 Å². The summed E-state index contributed by atoms with van der Waals surface area (Å²) in [7, 11) is 0. The van der Waals surface area contributed by atoms with Crippen LogP contribution in [0.15, 0.2) is 311 Å². The fourth-order valence-corrected chi connectivity index (χ4v) is 14.7. The molecule has 688 valence electrons. The van der Waals surface area contributed by atoms with E-state index in [-0.39, 0.29) is 36.6 Å². The number of halogens is 4. The van der Waals surface area contributed by atoms with Crippen LogP contribution in [0.1, 0.15) is 150 Å². The molecular formula is C106H91Cl3FN5O20. The Bertz CT molecular complexity index is 6880. The minimum absolute atomic E-state index is 0.00295. The van der Waals surface area contributed by atoms with Crippen LogP contribution in [0, 0.1) is 5.82 Å². The van der Waals surface area contributed by atoms with Crippen molar-refractivity contribution in [2.45, 2.75) is 96.0 Å². The lowest BCUT2D eigenvalue weighted by Crippen LogP contribution is -2.19. The second-order valence-corrected chi connectivity index (χ2v) is 32.7. The minimum atomic E-state index is -1.14. The number of hydrogen-bond acceptors (Lipinski definition) is 17. The largest absolute Gasteiger partial charge is 0.481 e. The number of anilines is 1. The quantitative estimate of drug-likeness (QED) is 0.0212. The number of H-pyrrole nitrogens is 1. The number of aromatic nitrogens is 4. The average molecular weight is 1880 g/mol. The standard InChI is InChI=1S/C18H15NO3.C16H12FNO3.C16H14O3.C15H12ClNO2.C15H13NO3.C13H14ClNO2.C13H11ClO4/c20-16(21)12-11-15-19-17(13-7-3-1-4-8-13)18(22-15)14-9-5-2-6-10-14;1-9(16(19)20)11-4-7-14-13(8-11)18-15(21-14)10-2-5-12(17)6-3-10;1-11(16(18)19)13-8-5-9-14(10-13)15(17)12-6-3-2-4-7-12;1-8(15(18)19)9-2-4-11-12-7-10(16)3-5-13(12)17-14(11)6-9;1-9(15(17)18)10-4-5-13-12(7-10)8-11-3-2-6-16-14(11)19-13;1-9(13(16)17)10-4-5-12(11(14)8-10)15-6-2-3-7-15;14-9-3-1-8(2-4-9)11-5-6-12(18-11)10(15)7-13(16)17/h1-10H,11-12H2,(H,20,21);2-9H,1H3,(H,19,20);2-11H,1H3,(H,18,19);2-8,17H,1H3,(H,18,19);2-7,9H,8H2,1H3,(H,17,18);2-5,8-9H,6-7H2,1H3,(H,16,17);1-6,10,15H,7H2,(H,16,17). The van der Waals surface area contributed by atoms with E-state index >= 15 is 0 Å². The Morgan fingerprint density at radius 3 is 1.63 bits per heavy atom. The van der Waals surface area contributed by atoms with Crippen molar-refractivity contribution in [3.63, 3.8) is 0 Å². The van der Waals surface area contributed by atoms with Crippen LogP contribution in [-0.4, -0.2) is 121 Å². The lowest BCUT2D eigenvalue weighted by Gasteiger charge is -2.20. The molecule has 6 unspecified atom stereocenters. The number of aliphatic hydroxyl groups excluding tert-OH is 1. The zero-order valence-corrected chi connectivity index (χ0v) is 75.5. The molecule has 0 bridgehead atoms. The molecule has 9 N–H and O–H groups in total. The number of carbonyl (C=O) groups excluding carboxylic acids is 1. The number of carboxylic acid groups (broad SMARTS) is 7. The lowest BCUT2D eigenvalue weighted by atomic mass is 9.95. The Morgan fingerprint density at radius 2 is 1.01 bits per heavy atom. The van der Waals surface area contributed by atoms with E-state index in [2.05, 4.69) is 37.0 Å². The molecule has 6 atom stereocenters. The summed E-state index contributed by atoms with van der Waals surface area (Å²) in [5.41, 5.74) is 14.9. The molecule has 0 aliphatic carbocycles. The van der Waals surface area contributed by atoms with Gasteiger partial charge in [0.15, 0.2) is 23.0 Å². The van der Waals surface area contributed by atoms with Crippen LogP contribution in [-0.2, 0) is 46.4 Å². The number of benzene rings is 11. The summed E-state index contributed by atoms with van der Waals surface area (Å²) in [4.78, 5) is 107. The number of nitrogens with one attached hydrogen (secondary N) is 1. The fraction of sp³-hybridized carbons (Fsp3) is 0.160. The van der Waals surface area contributed by atoms with Crippen LogP contribution < -0.4 is 9.64 Å². The Kier molecular flexibility index (Phi) is 33.5. The number of hydrogen-bond donors (Lipinski definition) is 9. The van der Waals surface area contributed by atoms with Gasteiger partial charge >= 0.3 is 41.8 Å². The zero-order chi connectivity index (χ0) is 96.7. The number of aliphatic carboxylic acids is 7. The molecule has 2 aliphatic rings. The number of nitrogens with zero attached hydrogens (tertiary/aromatic N) is 4. The highest BCUT2D eigenvalue weighted by atomic mass is 35.5. The summed E-state index contributed by atoms with van der Waals surface area (Å²) in [5.74, 6) is -5.73. The first-order valence-corrected chi connectivity index (χ1v) is 43.6. The molecule has 0 saturated heterocycles. The maximum Gasteiger partial charge on any atom is 0.310 e. The molecule has 7 heterocycles. The topological polar surface area (TPSA) is 405 Å². The van der Waals surface area contributed by atoms with Crippen LogP contribution >= 0.6 is 34.8 Å². The van der Waals surface area contributed by atoms with Crippen molar-refractivity contribution in [2.75, 3.05) is 18.0 Å². The highest BCUT2D eigenvalue weighted by Crippen LogP contribution is 2.40. The summed E-state index contributed by atoms with van der Waals surface area (Å²) < 4.78 is 35.5. The van der Waals surface area contributed by atoms with E-state index in [1.165, 1.54) is 12.1 Å². The number of ether oxygens (including phenoxy) is 1. The number of aliphatic hydroxyl groups is 1. The molecule has 16 aromatic rings. The molecule has 18 rings (SSSR count). The monoisotopic (exact) mass is 1880 g/mol. The molecule has 0 spiro atoms. The maximum absolute atomic E-state index is 12.9. The third-order valence-electron chi connectivity index (χ3n) is 22.0. The van der Waals surface area contributed by atoms with Crippen LogP contribution in [0.25, 0.3) is 78.3 Å². The molecule has 0 amide bonds. The van der Waals surface area contributed by atoms with Crippen molar-refractivity contribution in [1.29, 1.82) is 0 Å². The van der Waals surface area contributed by atoms with Gasteiger partial charge in [-0.3, -0.25) is 38.4 Å². The number of aromatic amines is 1. The van der Waals surface area contributed by atoms with Gasteiger partial charge in [-0.1, -0.05) is 199 Å². The van der Waals surface area contributed by atoms with Gasteiger partial charge in [0.05, 0.1) is 53.1 Å². The summed E-state index contributed by atoms with van der Waals surface area (Å²) in [6.07, 6.45) is 5.36. The van der Waals surface area contributed by atoms with Crippen molar-refractivity contribution in [1.82, 2.24) is 19.9 Å². The number of oxazole rings is 2. The normalized spacial score (nSPS) is 12.8. The number of fused-ring (bicyclic) bond motifs is 6. The first-order chi connectivity index (χ1) is 64.7. The molecule has 29 heteroatoms. The summed E-state index contributed by atoms with van der Waals surface area (Å²) in [6.45, 7) is 9.96. The number of ketones is 1. The molecule has 0 fully saturated rings. The van der Waals surface area contributed by atoms with Crippen LogP contribution in [0.5, 0.6) is 11.6 Å². The second kappa shape index (κ2) is 46.0. The van der Waals surface area contributed by atoms with Crippen LogP contribution in [0.3, 0.4) is 0 Å². The minimum Gasteiger partial charge on any atom is -0.481 e. The van der Waals surface area contributed by atoms with Gasteiger partial charge < -0.3 is 68.7 Å². The summed E-state index contributed by atoms with van der Waals surface area (Å²) >= 11 is 18.0. The van der Waals surface area contributed by atoms with Gasteiger partial charge in [0.1, 0.15) is 40.4 Å². The smallest absolute Gasteiger partial charge is 0.310 e. The Hall–Kier alpha value is -15.6. The third kappa shape index (κ3) is 26.2. The number of carboxylic acids is 7. The predicted molar refractivity (Wildman–Crippen MR) is 513 cm³/mol. The number of carbonyl (C=O) groups is 8. The third-order valence-corrected chi connectivity index (χ3v) is 22.8. The average Bonchev–Trinajstić information content (AvgIpc) is 1.58. The van der Waals surface area contributed by atoms with Gasteiger partial charge in [-0.25, -0.2) is 19.3 Å². The molecule has 11 aromatic carbocycles. The van der Waals surface area contributed by atoms with Gasteiger partial charge in [-0.15, -0.1) is 0 Å². The molecule has 2 aliphatic heterocycles. The van der Waals surface area contributed by atoms with Crippen molar-refractivity contribution < 1.29 is 102 Å². The summed E-state index contributed by atoms with van der Waals surface area (Å²) in [6, 6.07) is 82.6. The molecular weight excluding hydrogens is 1790 g/mol. The van der Waals surface area contributed by atoms with Gasteiger partial charge in [-0.05, 0) is 195 Å². The van der Waals surface area contributed by atoms with Gasteiger partial charge in [-0.2, -0.15) is 0 Å². The Morgan fingerprint density at radius 1 is 0.459 bits per heavy atom. The van der Waals surface area contributed by atoms with E-state index in [0.29, 0.717) is 83.2 Å². The SMILES string of the molecule is CC(C(=O)O)c1ccc(N2CC=CC2)c(Cl)c1.CC(C(=O)O)c1ccc2c(c1)Cc1cccnc1O2.CC(C(=O)O)c1ccc2c(c1)[nH]c1ccc(Cl)cc12.CC(C(=O)O)c1ccc2oc(-c3ccc(F)cc3)nc2c1.CC(C(=O)O)c1cccc(C(=O)c2ccccc2)c1.O=C(O)CC(O)c1ccc(-c2ccc(Cl)cc2)o1.O=C(O)CCc1nc(-c2ccccc2)c(-c2ccccc2)o1. The highest BCUT2D eigenvalue weighted by molar-refractivity contribution is 6.33. The number of pyridine rings is 1. The fourth-order valence-electron chi connectivity index (χ4n) is 14.1. The second-order valence-electron chi connectivity index (χ2n) is 31.4. The molecule has 0 saturated carbocycles. The molecule has 0 radical (unpaired) electrons. The molecule has 25 nitrogen and oxygen atoms in total. The van der Waals surface area contributed by atoms with Crippen molar-refractivity contribution in [3.8, 4) is 57.0 Å². The van der Waals surface area contributed by atoms with Gasteiger partial charge in [0.25, 0.3) is 0 Å². The maximum atomic E-state index is 12.9. The van der Waals surface area contributed by atoms with E-state index in [9.17, 15) is 47.9 Å². The van der Waals surface area contributed by atoms with Crippen LogP contribution in [0.4, 0.5) is 10.1 Å². The zero-order valence-electron chi connectivity index (χ0n) is 73.3. The Labute approximate surface area is 788 Å². The predicted octanol–water partition coefficient (Wildman–Crippen LogP) is 24.1. The van der Waals surface area contributed by atoms with E-state index in [1.54, 1.807) is 168 Å². The van der Waals surface area contributed by atoms with Crippen LogP contribution in [0.2, 0.25) is 15.1 Å². The van der Waals surface area contributed by atoms with E-state index in [0.717, 1.165) is 103 Å². The first kappa shape index (κ1) is 98.4.